The zero-order valence-corrected chi connectivity index (χ0v) is 9.62. The van der Waals surface area contributed by atoms with Crippen LogP contribution < -0.4 is 4.74 Å². The summed E-state index contributed by atoms with van der Waals surface area (Å²) >= 11 is 0. The van der Waals surface area contributed by atoms with Crippen molar-refractivity contribution in [3.8, 4) is 5.75 Å². The van der Waals surface area contributed by atoms with Gasteiger partial charge in [0, 0.05) is 23.3 Å². The molecule has 1 aromatic carbocycles. The van der Waals surface area contributed by atoms with Crippen LogP contribution in [0.15, 0.2) is 18.2 Å². The molecule has 1 atom stereocenters. The minimum atomic E-state index is -0.224. The summed E-state index contributed by atoms with van der Waals surface area (Å²) in [5.41, 5.74) is 1.56. The molecule has 88 valence electrons. The van der Waals surface area contributed by atoms with E-state index in [1.165, 1.54) is 13.1 Å². The van der Waals surface area contributed by atoms with Crippen LogP contribution in [0.2, 0.25) is 0 Å². The molecular formula is C13H14N2O2. The first kappa shape index (κ1) is 11.5. The highest BCUT2D eigenvalue weighted by Gasteiger charge is 2.22. The van der Waals surface area contributed by atoms with Crippen molar-refractivity contribution in [2.24, 2.45) is 5.92 Å². The molecule has 0 bridgehead atoms. The fourth-order valence-electron chi connectivity index (χ4n) is 1.89. The highest BCUT2D eigenvalue weighted by molar-refractivity contribution is 6.10. The number of benzene rings is 1. The Hall–Kier alpha value is -1.97. The molecule has 1 heterocycles. The van der Waals surface area contributed by atoms with Crippen molar-refractivity contribution in [1.82, 2.24) is 0 Å². The zero-order chi connectivity index (χ0) is 12.4. The predicted molar refractivity (Wildman–Crippen MR) is 65.7 cm³/mol. The Morgan fingerprint density at radius 3 is 2.94 bits per heavy atom. The normalized spacial score (nSPS) is 18.9. The Morgan fingerprint density at radius 1 is 1.53 bits per heavy atom. The molecule has 0 aliphatic carbocycles. The van der Waals surface area contributed by atoms with Crippen molar-refractivity contribution in [2.45, 2.75) is 13.3 Å². The average Bonchev–Trinajstić information content (AvgIpc) is 2.48. The lowest BCUT2D eigenvalue weighted by Crippen LogP contribution is -2.15. The molecule has 0 radical (unpaired) electrons. The molecule has 1 aliphatic rings. The van der Waals surface area contributed by atoms with Gasteiger partial charge in [-0.1, -0.05) is 0 Å². The van der Waals surface area contributed by atoms with Crippen LogP contribution >= 0.6 is 0 Å². The quantitative estimate of drug-likeness (QED) is 0.604. The number of ether oxygens (including phenoxy) is 1. The van der Waals surface area contributed by atoms with E-state index in [0.29, 0.717) is 35.6 Å². The molecule has 0 aromatic heterocycles. The summed E-state index contributed by atoms with van der Waals surface area (Å²) < 4.78 is 5.53. The van der Waals surface area contributed by atoms with Crippen molar-refractivity contribution in [3.05, 3.63) is 29.3 Å². The molecule has 0 saturated heterocycles. The van der Waals surface area contributed by atoms with Gasteiger partial charge in [0.05, 0.1) is 12.3 Å². The molecular weight excluding hydrogens is 216 g/mol. The maximum atomic E-state index is 11.3. The van der Waals surface area contributed by atoms with E-state index in [0.717, 1.165) is 0 Å². The fraction of sp³-hybridized carbons (Fsp3) is 0.308. The Morgan fingerprint density at radius 2 is 2.29 bits per heavy atom. The maximum Gasteiger partial charge on any atom is 0.159 e. The van der Waals surface area contributed by atoms with E-state index < -0.39 is 0 Å². The molecule has 0 spiro atoms. The third-order valence-corrected chi connectivity index (χ3v) is 2.93. The van der Waals surface area contributed by atoms with E-state index in [4.69, 9.17) is 15.6 Å². The summed E-state index contributed by atoms with van der Waals surface area (Å²) in [4.78, 5) is 11.3. The van der Waals surface area contributed by atoms with Gasteiger partial charge in [0.15, 0.2) is 5.78 Å². The van der Waals surface area contributed by atoms with Crippen molar-refractivity contribution in [2.75, 3.05) is 6.61 Å². The van der Waals surface area contributed by atoms with Gasteiger partial charge in [-0.2, -0.15) is 0 Å². The topological polar surface area (TPSA) is 74.0 Å². The summed E-state index contributed by atoms with van der Waals surface area (Å²) in [6.07, 6.45) is 1.90. The molecule has 4 nitrogen and oxygen atoms in total. The number of fused-ring (bicyclic) bond motifs is 1. The molecule has 17 heavy (non-hydrogen) atoms. The van der Waals surface area contributed by atoms with E-state index in [9.17, 15) is 4.79 Å². The van der Waals surface area contributed by atoms with Gasteiger partial charge in [-0.25, -0.2) is 0 Å². The molecule has 4 heteroatoms. The van der Waals surface area contributed by atoms with Gasteiger partial charge in [-0.15, -0.1) is 0 Å². The molecule has 1 unspecified atom stereocenters. The van der Waals surface area contributed by atoms with E-state index in [1.54, 1.807) is 18.2 Å². The van der Waals surface area contributed by atoms with Crippen LogP contribution in [0.1, 0.15) is 29.3 Å². The Kier molecular flexibility index (Phi) is 3.04. The molecule has 2 N–H and O–H groups in total. The van der Waals surface area contributed by atoms with Gasteiger partial charge in [-0.3, -0.25) is 4.79 Å². The first-order chi connectivity index (χ1) is 8.13. The van der Waals surface area contributed by atoms with Gasteiger partial charge in [-0.05, 0) is 31.5 Å². The maximum absolute atomic E-state index is 11.3. The summed E-state index contributed by atoms with van der Waals surface area (Å²) in [7, 11) is 0. The zero-order valence-electron chi connectivity index (χ0n) is 9.62. The smallest absolute Gasteiger partial charge is 0.159 e. The van der Waals surface area contributed by atoms with Crippen molar-refractivity contribution < 1.29 is 9.53 Å². The van der Waals surface area contributed by atoms with Gasteiger partial charge >= 0.3 is 0 Å². The van der Waals surface area contributed by atoms with Gasteiger partial charge in [0.25, 0.3) is 0 Å². The van der Waals surface area contributed by atoms with Crippen molar-refractivity contribution in [1.29, 1.82) is 10.8 Å². The first-order valence-corrected chi connectivity index (χ1v) is 5.50. The van der Waals surface area contributed by atoms with E-state index >= 15 is 0 Å². The second-order valence-electron chi connectivity index (χ2n) is 4.09. The standard InChI is InChI=1S/C13H14N2O2/c1-8(16)9-2-3-12-11(6-9)13(15)10(7-14)4-5-17-12/h2-3,6-7,10,14-15H,4-5H2,1H3. The summed E-state index contributed by atoms with van der Waals surface area (Å²) in [5, 5.41) is 15.4. The fourth-order valence-corrected chi connectivity index (χ4v) is 1.89. The summed E-state index contributed by atoms with van der Waals surface area (Å²) in [5.74, 6) is 0.374. The Bertz CT molecular complexity index is 494. The largest absolute Gasteiger partial charge is 0.493 e. The number of carbonyl (C=O) groups is 1. The Labute approximate surface area is 99.6 Å². The number of hydrogen-bond acceptors (Lipinski definition) is 4. The molecule has 0 fully saturated rings. The van der Waals surface area contributed by atoms with E-state index in [1.807, 2.05) is 0 Å². The van der Waals surface area contributed by atoms with Crippen LogP contribution in [0.5, 0.6) is 5.75 Å². The summed E-state index contributed by atoms with van der Waals surface area (Å²) in [6.45, 7) is 1.99. The third kappa shape index (κ3) is 2.11. The minimum absolute atomic E-state index is 0.0312. The number of nitrogens with one attached hydrogen (secondary N) is 2. The van der Waals surface area contributed by atoms with Crippen molar-refractivity contribution in [3.63, 3.8) is 0 Å². The van der Waals surface area contributed by atoms with E-state index in [-0.39, 0.29) is 11.7 Å². The summed E-state index contributed by atoms with van der Waals surface area (Å²) in [6, 6.07) is 5.12. The lowest BCUT2D eigenvalue weighted by Gasteiger charge is -2.10. The lowest BCUT2D eigenvalue weighted by molar-refractivity contribution is 0.101. The number of carbonyl (C=O) groups excluding carboxylic acids is 1. The van der Waals surface area contributed by atoms with Gasteiger partial charge < -0.3 is 15.6 Å². The number of Topliss-reactive ketones (excluding diaryl/α,β-unsaturated/α-hetero) is 1. The number of ketones is 1. The van der Waals surface area contributed by atoms with Crippen LogP contribution in [0.3, 0.4) is 0 Å². The number of rotatable bonds is 2. The molecule has 0 amide bonds. The second-order valence-corrected chi connectivity index (χ2v) is 4.09. The SMILES string of the molecule is CC(=O)c1ccc2c(c1)C(=N)C(C=N)CCO2. The van der Waals surface area contributed by atoms with Gasteiger partial charge in [0.2, 0.25) is 0 Å². The van der Waals surface area contributed by atoms with Crippen molar-refractivity contribution >= 4 is 17.7 Å². The monoisotopic (exact) mass is 230 g/mol. The van der Waals surface area contributed by atoms with Gasteiger partial charge in [0.1, 0.15) is 5.75 Å². The third-order valence-electron chi connectivity index (χ3n) is 2.93. The first-order valence-electron chi connectivity index (χ1n) is 5.50. The predicted octanol–water partition coefficient (Wildman–Crippen LogP) is 2.31. The van der Waals surface area contributed by atoms with Crippen LogP contribution in [0.4, 0.5) is 0 Å². The highest BCUT2D eigenvalue weighted by Crippen LogP contribution is 2.27. The average molecular weight is 230 g/mol. The van der Waals surface area contributed by atoms with Crippen LogP contribution in [-0.2, 0) is 0 Å². The number of hydrogen-bond donors (Lipinski definition) is 2. The Balaban J connectivity index is 2.50. The van der Waals surface area contributed by atoms with Crippen LogP contribution in [0.25, 0.3) is 0 Å². The van der Waals surface area contributed by atoms with E-state index in [2.05, 4.69) is 0 Å². The second kappa shape index (κ2) is 4.49. The molecule has 1 aliphatic heterocycles. The minimum Gasteiger partial charge on any atom is -0.493 e. The van der Waals surface area contributed by atoms with Crippen LogP contribution in [-0.4, -0.2) is 24.3 Å². The highest BCUT2D eigenvalue weighted by atomic mass is 16.5. The molecule has 1 aromatic rings. The molecule has 0 saturated carbocycles. The molecule has 2 rings (SSSR count). The van der Waals surface area contributed by atoms with Crippen LogP contribution in [0, 0.1) is 16.7 Å². The lowest BCUT2D eigenvalue weighted by atomic mass is 9.94.